The zero-order valence-corrected chi connectivity index (χ0v) is 15.6. The highest BCUT2D eigenvalue weighted by molar-refractivity contribution is 6.30. The van der Waals surface area contributed by atoms with Crippen LogP contribution in [0.3, 0.4) is 0 Å². The molecule has 0 radical (unpaired) electrons. The molecule has 5 heterocycles. The molecule has 7 heteroatoms. The zero-order chi connectivity index (χ0) is 17.9. The summed E-state index contributed by atoms with van der Waals surface area (Å²) in [7, 11) is 0. The van der Waals surface area contributed by atoms with Gasteiger partial charge in [0.25, 0.3) is 0 Å². The van der Waals surface area contributed by atoms with E-state index < -0.39 is 0 Å². The van der Waals surface area contributed by atoms with Crippen LogP contribution >= 0.6 is 11.6 Å². The fraction of sp³-hybridized carbons (Fsp3) is 0.526. The van der Waals surface area contributed by atoms with Gasteiger partial charge in [-0.05, 0) is 30.9 Å². The van der Waals surface area contributed by atoms with Gasteiger partial charge < -0.3 is 4.90 Å². The molecule has 3 saturated heterocycles. The van der Waals surface area contributed by atoms with Gasteiger partial charge in [-0.1, -0.05) is 17.7 Å². The van der Waals surface area contributed by atoms with Crippen molar-refractivity contribution in [3.63, 3.8) is 0 Å². The molecule has 3 fully saturated rings. The lowest BCUT2D eigenvalue weighted by molar-refractivity contribution is -0.131. The summed E-state index contributed by atoms with van der Waals surface area (Å²) in [5.41, 5.74) is 1.11. The number of aryl methyl sites for hydroxylation is 1. The summed E-state index contributed by atoms with van der Waals surface area (Å²) in [5.74, 6) is 0.772. The van der Waals surface area contributed by atoms with Gasteiger partial charge in [0.15, 0.2) is 0 Å². The molecule has 2 aromatic heterocycles. The molecule has 5 rings (SSSR count). The quantitative estimate of drug-likeness (QED) is 0.807. The predicted octanol–water partition coefficient (Wildman–Crippen LogP) is 2.44. The minimum atomic E-state index is 0.216. The zero-order valence-electron chi connectivity index (χ0n) is 14.8. The van der Waals surface area contributed by atoms with E-state index in [2.05, 4.69) is 25.9 Å². The summed E-state index contributed by atoms with van der Waals surface area (Å²) in [6.07, 6.45) is 8.06. The van der Waals surface area contributed by atoms with E-state index in [0.717, 1.165) is 38.3 Å². The van der Waals surface area contributed by atoms with Crippen LogP contribution in [0.4, 0.5) is 0 Å². The fourth-order valence-corrected chi connectivity index (χ4v) is 4.26. The minimum absolute atomic E-state index is 0.216. The number of piperidine rings is 1. The van der Waals surface area contributed by atoms with Gasteiger partial charge in [0, 0.05) is 57.6 Å². The van der Waals surface area contributed by atoms with Crippen molar-refractivity contribution in [3.8, 4) is 0 Å². The number of carbonyl (C=O) groups is 1. The minimum Gasteiger partial charge on any atom is -0.341 e. The summed E-state index contributed by atoms with van der Waals surface area (Å²) in [6.45, 7) is 4.20. The molecule has 0 spiro atoms. The maximum absolute atomic E-state index is 12.7. The molecule has 3 aliphatic rings. The van der Waals surface area contributed by atoms with Gasteiger partial charge in [-0.2, -0.15) is 5.10 Å². The first kappa shape index (κ1) is 17.5. The number of rotatable bonds is 5. The second-order valence-electron chi connectivity index (χ2n) is 7.32. The monoisotopic (exact) mass is 373 g/mol. The molecule has 0 N–H and O–H groups in total. The van der Waals surface area contributed by atoms with E-state index in [0.29, 0.717) is 29.9 Å². The number of halogens is 1. The van der Waals surface area contributed by atoms with Crippen molar-refractivity contribution in [2.75, 3.05) is 19.6 Å². The molecule has 6 nitrogen and oxygen atoms in total. The molecule has 0 aromatic carbocycles. The molecule has 138 valence electrons. The molecular formula is C19H24ClN5O. The van der Waals surface area contributed by atoms with Crippen LogP contribution < -0.4 is 0 Å². The molecule has 1 amide bonds. The standard InChI is InChI=1S/C19H24ClN5O/c20-16-9-22-25(12-16)8-6-19(26)24-11-15-4-5-18(14-24)23(10-15)13-17-3-1-2-7-21-17/h1-3,7,9,12,15,18H,4-6,8,10-11,13-14H2/t15-,18-/m1/s1. The first-order valence-corrected chi connectivity index (χ1v) is 9.65. The third-order valence-corrected chi connectivity index (χ3v) is 5.62. The highest BCUT2D eigenvalue weighted by Gasteiger charge is 2.36. The normalized spacial score (nSPS) is 23.2. The predicted molar refractivity (Wildman–Crippen MR) is 99.6 cm³/mol. The number of aromatic nitrogens is 3. The van der Waals surface area contributed by atoms with Crippen LogP contribution in [-0.4, -0.2) is 56.1 Å². The number of fused-ring (bicyclic) bond motifs is 4. The molecule has 2 aromatic rings. The Kier molecular flexibility index (Phi) is 5.22. The topological polar surface area (TPSA) is 54.3 Å². The summed E-state index contributed by atoms with van der Waals surface area (Å²) in [5, 5.41) is 4.76. The third-order valence-electron chi connectivity index (χ3n) is 5.43. The molecule has 2 atom stereocenters. The number of hydrogen-bond acceptors (Lipinski definition) is 4. The van der Waals surface area contributed by atoms with E-state index in [4.69, 9.17) is 11.6 Å². The Bertz CT molecular complexity index is 749. The summed E-state index contributed by atoms with van der Waals surface area (Å²) < 4.78 is 1.74. The Balaban J connectivity index is 1.37. The maximum atomic E-state index is 12.7. The third kappa shape index (κ3) is 4.07. The van der Waals surface area contributed by atoms with Crippen molar-refractivity contribution in [2.45, 2.75) is 38.4 Å². The lowest BCUT2D eigenvalue weighted by Gasteiger charge is -2.35. The second kappa shape index (κ2) is 7.76. The molecule has 2 bridgehead atoms. The molecule has 0 saturated carbocycles. The van der Waals surface area contributed by atoms with Gasteiger partial charge in [-0.3, -0.25) is 19.4 Å². The van der Waals surface area contributed by atoms with Crippen LogP contribution in [0.5, 0.6) is 0 Å². The number of pyridine rings is 1. The van der Waals surface area contributed by atoms with Crippen molar-refractivity contribution in [1.82, 2.24) is 24.6 Å². The van der Waals surface area contributed by atoms with Crippen LogP contribution in [0.2, 0.25) is 5.02 Å². The first-order chi connectivity index (χ1) is 12.7. The largest absolute Gasteiger partial charge is 0.341 e. The average Bonchev–Trinajstić information content (AvgIpc) is 2.87. The van der Waals surface area contributed by atoms with Gasteiger partial charge in [0.1, 0.15) is 0 Å². The van der Waals surface area contributed by atoms with Crippen LogP contribution in [0, 0.1) is 5.92 Å². The SMILES string of the molecule is O=C(CCn1cc(Cl)cn1)N1C[C@@H]2CC[C@H](C1)N(Cc1ccccn1)C2. The highest BCUT2D eigenvalue weighted by Crippen LogP contribution is 2.29. The second-order valence-corrected chi connectivity index (χ2v) is 7.75. The van der Waals surface area contributed by atoms with E-state index in [9.17, 15) is 4.79 Å². The summed E-state index contributed by atoms with van der Waals surface area (Å²) >= 11 is 5.89. The van der Waals surface area contributed by atoms with E-state index in [1.165, 1.54) is 6.42 Å². The van der Waals surface area contributed by atoms with Gasteiger partial charge in [-0.15, -0.1) is 0 Å². The number of hydrogen-bond donors (Lipinski definition) is 0. The lowest BCUT2D eigenvalue weighted by atomic mass is 9.95. The molecule has 26 heavy (non-hydrogen) atoms. The number of carbonyl (C=O) groups excluding carboxylic acids is 1. The Morgan fingerprint density at radius 2 is 2.15 bits per heavy atom. The Morgan fingerprint density at radius 1 is 1.23 bits per heavy atom. The molecule has 0 aliphatic carbocycles. The van der Waals surface area contributed by atoms with Gasteiger partial charge in [-0.25, -0.2) is 0 Å². The van der Waals surface area contributed by atoms with Crippen LogP contribution in [-0.2, 0) is 17.9 Å². The van der Waals surface area contributed by atoms with E-state index in [-0.39, 0.29) is 5.91 Å². The summed E-state index contributed by atoms with van der Waals surface area (Å²) in [4.78, 5) is 21.8. The van der Waals surface area contributed by atoms with E-state index in [1.54, 1.807) is 17.1 Å². The van der Waals surface area contributed by atoms with Crippen molar-refractivity contribution < 1.29 is 4.79 Å². The van der Waals surface area contributed by atoms with Crippen molar-refractivity contribution in [3.05, 3.63) is 47.5 Å². The average molecular weight is 374 g/mol. The lowest BCUT2D eigenvalue weighted by Crippen LogP contribution is -2.44. The smallest absolute Gasteiger partial charge is 0.224 e. The van der Waals surface area contributed by atoms with Crippen LogP contribution in [0.25, 0.3) is 0 Å². The first-order valence-electron chi connectivity index (χ1n) is 9.27. The Labute approximate surface area is 158 Å². The molecular weight excluding hydrogens is 350 g/mol. The van der Waals surface area contributed by atoms with Crippen molar-refractivity contribution in [1.29, 1.82) is 0 Å². The van der Waals surface area contributed by atoms with Crippen LogP contribution in [0.15, 0.2) is 36.8 Å². The Morgan fingerprint density at radius 3 is 2.92 bits per heavy atom. The fourth-order valence-electron chi connectivity index (χ4n) is 4.11. The van der Waals surface area contributed by atoms with E-state index >= 15 is 0 Å². The van der Waals surface area contributed by atoms with Gasteiger partial charge >= 0.3 is 0 Å². The Hall–Kier alpha value is -1.92. The van der Waals surface area contributed by atoms with Crippen molar-refractivity contribution >= 4 is 17.5 Å². The number of nitrogens with zero attached hydrogens (tertiary/aromatic N) is 5. The molecule has 3 aliphatic heterocycles. The number of amides is 1. The van der Waals surface area contributed by atoms with Gasteiger partial charge in [0.05, 0.1) is 16.9 Å². The molecule has 0 unspecified atom stereocenters. The summed E-state index contributed by atoms with van der Waals surface area (Å²) in [6, 6.07) is 6.50. The van der Waals surface area contributed by atoms with Gasteiger partial charge in [0.2, 0.25) is 5.91 Å². The van der Waals surface area contributed by atoms with Crippen molar-refractivity contribution in [2.24, 2.45) is 5.92 Å². The highest BCUT2D eigenvalue weighted by atomic mass is 35.5. The van der Waals surface area contributed by atoms with E-state index in [1.807, 2.05) is 18.3 Å². The maximum Gasteiger partial charge on any atom is 0.224 e. The van der Waals surface area contributed by atoms with Crippen LogP contribution in [0.1, 0.15) is 25.0 Å².